The average molecular weight is 367 g/mol. The number of methoxy groups -OCH3 is 1. The van der Waals surface area contributed by atoms with E-state index in [4.69, 9.17) is 16.7 Å². The lowest BCUT2D eigenvalue weighted by Gasteiger charge is -2.23. The van der Waals surface area contributed by atoms with E-state index in [2.05, 4.69) is 16.9 Å². The van der Waals surface area contributed by atoms with Crippen molar-refractivity contribution in [2.45, 2.75) is 56.1 Å². The normalized spacial score (nSPS) is 26.2. The van der Waals surface area contributed by atoms with Gasteiger partial charge in [0.05, 0.1) is 19.8 Å². The number of carbonyl (C=O) groups is 1. The number of ether oxygens (including phenoxy) is 1. The molecule has 1 fully saturated rings. The van der Waals surface area contributed by atoms with Crippen molar-refractivity contribution in [3.8, 4) is 0 Å². The van der Waals surface area contributed by atoms with E-state index in [0.717, 1.165) is 30.4 Å². The van der Waals surface area contributed by atoms with E-state index in [1.165, 1.54) is 7.11 Å². The van der Waals surface area contributed by atoms with Crippen LogP contribution >= 0.6 is 11.6 Å². The summed E-state index contributed by atoms with van der Waals surface area (Å²) in [6.07, 6.45) is 7.15. The van der Waals surface area contributed by atoms with Crippen LogP contribution in [0.25, 0.3) is 0 Å². The molecule has 0 unspecified atom stereocenters. The number of unbranched alkanes of at least 4 members (excludes halogenated alkanes) is 1. The lowest BCUT2D eigenvalue weighted by Crippen LogP contribution is -2.18. The zero-order valence-electron chi connectivity index (χ0n) is 14.6. The van der Waals surface area contributed by atoms with Crippen molar-refractivity contribution >= 4 is 17.6 Å². The van der Waals surface area contributed by atoms with Crippen LogP contribution in [0.5, 0.6) is 0 Å². The predicted octanol–water partition coefficient (Wildman–Crippen LogP) is 3.54. The van der Waals surface area contributed by atoms with Gasteiger partial charge in [-0.3, -0.25) is 4.79 Å². The Hall–Kier alpha value is -1.36. The zero-order chi connectivity index (χ0) is 18.2. The first-order chi connectivity index (χ1) is 12.1. The minimum atomic E-state index is -0.444. The molecule has 0 aromatic heterocycles. The van der Waals surface area contributed by atoms with Crippen LogP contribution < -0.4 is 0 Å². The molecule has 5 heteroatoms. The highest BCUT2D eigenvalue weighted by atomic mass is 35.5. The Morgan fingerprint density at radius 1 is 1.32 bits per heavy atom. The third kappa shape index (κ3) is 5.56. The Kier molecular flexibility index (Phi) is 7.94. The van der Waals surface area contributed by atoms with Gasteiger partial charge in [0.2, 0.25) is 0 Å². The van der Waals surface area contributed by atoms with E-state index in [1.807, 2.05) is 24.3 Å². The largest absolute Gasteiger partial charge is 0.469 e. The van der Waals surface area contributed by atoms with Crippen LogP contribution in [0.1, 0.15) is 49.1 Å². The molecule has 1 aromatic carbocycles. The van der Waals surface area contributed by atoms with E-state index in [9.17, 15) is 9.90 Å². The summed E-state index contributed by atoms with van der Waals surface area (Å²) >= 11 is 6.48. The van der Waals surface area contributed by atoms with Gasteiger partial charge in [-0.25, -0.2) is 0 Å². The third-order valence-electron chi connectivity index (χ3n) is 4.91. The molecule has 0 spiro atoms. The van der Waals surface area contributed by atoms with Gasteiger partial charge in [-0.05, 0) is 42.7 Å². The number of benzene rings is 1. The molecule has 0 radical (unpaired) electrons. The molecule has 4 nitrogen and oxygen atoms in total. The molecule has 1 aliphatic rings. The lowest BCUT2D eigenvalue weighted by molar-refractivity contribution is -0.140. The van der Waals surface area contributed by atoms with Gasteiger partial charge in [-0.2, -0.15) is 0 Å². The van der Waals surface area contributed by atoms with Crippen LogP contribution in [-0.2, 0) is 16.1 Å². The third-order valence-corrected chi connectivity index (χ3v) is 5.41. The molecule has 0 amide bonds. The molecule has 0 saturated heterocycles. The minimum absolute atomic E-state index is 0.00922. The summed E-state index contributed by atoms with van der Waals surface area (Å²) in [6, 6.07) is 7.73. The lowest BCUT2D eigenvalue weighted by atomic mass is 9.85. The fraction of sp³-hybridized carbons (Fsp3) is 0.550. The summed E-state index contributed by atoms with van der Waals surface area (Å²) in [5, 5.41) is 19.5. The molecule has 0 bridgehead atoms. The van der Waals surface area contributed by atoms with Crippen LogP contribution in [0.4, 0.5) is 0 Å². The molecule has 4 atom stereocenters. The Bertz CT molecular complexity index is 570. The number of hydrogen-bond acceptors (Lipinski definition) is 4. The summed E-state index contributed by atoms with van der Waals surface area (Å²) < 4.78 is 4.62. The van der Waals surface area contributed by atoms with Crippen molar-refractivity contribution in [2.24, 2.45) is 5.92 Å². The van der Waals surface area contributed by atoms with Crippen molar-refractivity contribution < 1.29 is 19.7 Å². The van der Waals surface area contributed by atoms with Crippen LogP contribution in [-0.4, -0.2) is 34.8 Å². The monoisotopic (exact) mass is 366 g/mol. The average Bonchev–Trinajstić information content (AvgIpc) is 2.91. The van der Waals surface area contributed by atoms with Crippen molar-refractivity contribution in [2.75, 3.05) is 7.11 Å². The second-order valence-corrected chi connectivity index (χ2v) is 7.14. The highest BCUT2D eigenvalue weighted by Gasteiger charge is 2.41. The maximum absolute atomic E-state index is 11.1. The van der Waals surface area contributed by atoms with Crippen molar-refractivity contribution in [3.05, 3.63) is 47.5 Å². The van der Waals surface area contributed by atoms with Gasteiger partial charge in [0.25, 0.3) is 0 Å². The summed E-state index contributed by atoms with van der Waals surface area (Å²) in [6.45, 7) is 0.0172. The predicted molar refractivity (Wildman–Crippen MR) is 98.5 cm³/mol. The van der Waals surface area contributed by atoms with Crippen LogP contribution in [0.3, 0.4) is 0 Å². The molecule has 1 aromatic rings. The van der Waals surface area contributed by atoms with E-state index >= 15 is 0 Å². The van der Waals surface area contributed by atoms with Crippen molar-refractivity contribution in [1.29, 1.82) is 0 Å². The van der Waals surface area contributed by atoms with Crippen LogP contribution in [0.15, 0.2) is 36.4 Å². The number of halogens is 1. The zero-order valence-corrected chi connectivity index (χ0v) is 15.4. The summed E-state index contributed by atoms with van der Waals surface area (Å²) in [5.74, 6) is 0.00277. The number of aliphatic hydroxyl groups is 2. The molecule has 2 rings (SSSR count). The molecule has 0 heterocycles. The maximum atomic E-state index is 11.1. The van der Waals surface area contributed by atoms with Crippen LogP contribution in [0.2, 0.25) is 0 Å². The highest BCUT2D eigenvalue weighted by molar-refractivity contribution is 6.21. The standard InChI is InChI=1S/C20H27ClO4/c1-25-19(24)7-5-3-2-4-6-16-17(21)12-18(23)20(16)15-10-8-14(13-22)9-11-15/h2,4,8-11,16-18,20,22-23H,3,5-7,12-13H2,1H3/t16-,17+,18+,20+/m0/s1. The molecule has 138 valence electrons. The van der Waals surface area contributed by atoms with Gasteiger partial charge < -0.3 is 14.9 Å². The Morgan fingerprint density at radius 2 is 2.04 bits per heavy atom. The molecule has 0 aliphatic heterocycles. The molecule has 2 N–H and O–H groups in total. The Balaban J connectivity index is 1.93. The van der Waals surface area contributed by atoms with E-state index in [0.29, 0.717) is 12.8 Å². The van der Waals surface area contributed by atoms with E-state index in [1.54, 1.807) is 0 Å². The number of esters is 1. The number of allylic oxidation sites excluding steroid dienone is 2. The second-order valence-electron chi connectivity index (χ2n) is 6.58. The van der Waals surface area contributed by atoms with E-state index in [-0.39, 0.29) is 29.8 Å². The fourth-order valence-electron chi connectivity index (χ4n) is 3.51. The van der Waals surface area contributed by atoms with Crippen molar-refractivity contribution in [3.63, 3.8) is 0 Å². The summed E-state index contributed by atoms with van der Waals surface area (Å²) in [7, 11) is 1.40. The quantitative estimate of drug-likeness (QED) is 0.319. The number of hydrogen-bond donors (Lipinski definition) is 2. The number of alkyl halides is 1. The molecular formula is C20H27ClO4. The maximum Gasteiger partial charge on any atom is 0.305 e. The van der Waals surface area contributed by atoms with Gasteiger partial charge >= 0.3 is 5.97 Å². The minimum Gasteiger partial charge on any atom is -0.469 e. The highest BCUT2D eigenvalue weighted by Crippen LogP contribution is 2.44. The van der Waals surface area contributed by atoms with Gasteiger partial charge in [0, 0.05) is 17.7 Å². The first-order valence-electron chi connectivity index (χ1n) is 8.80. The van der Waals surface area contributed by atoms with Gasteiger partial charge in [-0.1, -0.05) is 36.4 Å². The Labute approximate surface area is 154 Å². The second kappa shape index (κ2) is 9.95. The van der Waals surface area contributed by atoms with Gasteiger partial charge in [0.15, 0.2) is 0 Å². The molecule has 1 aliphatic carbocycles. The number of rotatable bonds is 8. The molecule has 1 saturated carbocycles. The van der Waals surface area contributed by atoms with Crippen LogP contribution in [0, 0.1) is 5.92 Å². The van der Waals surface area contributed by atoms with Gasteiger partial charge in [0.1, 0.15) is 0 Å². The smallest absolute Gasteiger partial charge is 0.305 e. The first kappa shape index (κ1) is 20.0. The van der Waals surface area contributed by atoms with E-state index < -0.39 is 6.10 Å². The fourth-order valence-corrected chi connectivity index (χ4v) is 3.95. The molecular weight excluding hydrogens is 340 g/mol. The summed E-state index contributed by atoms with van der Waals surface area (Å²) in [5.41, 5.74) is 1.93. The number of aliphatic hydroxyl groups excluding tert-OH is 2. The number of carbonyl (C=O) groups excluding carboxylic acids is 1. The topological polar surface area (TPSA) is 66.8 Å². The SMILES string of the molecule is COC(=O)CCCC=CC[C@@H]1[C@@H](c2ccc(CO)cc2)[C@H](O)C[C@H]1Cl. The van der Waals surface area contributed by atoms with Crippen molar-refractivity contribution in [1.82, 2.24) is 0 Å². The van der Waals surface area contributed by atoms with Gasteiger partial charge in [-0.15, -0.1) is 11.6 Å². The Morgan fingerprint density at radius 3 is 2.68 bits per heavy atom. The first-order valence-corrected chi connectivity index (χ1v) is 9.24. The molecule has 25 heavy (non-hydrogen) atoms. The summed E-state index contributed by atoms with van der Waals surface area (Å²) in [4.78, 5) is 11.1.